The molecule has 0 spiro atoms. The fraction of sp³-hybridized carbons (Fsp3) is 0.500. The van der Waals surface area contributed by atoms with Crippen molar-refractivity contribution in [2.75, 3.05) is 0 Å². The predicted octanol–water partition coefficient (Wildman–Crippen LogP) is 2.52. The van der Waals surface area contributed by atoms with E-state index in [0.717, 1.165) is 0 Å². The Morgan fingerprint density at radius 3 is 0.857 bits per heavy atom. The van der Waals surface area contributed by atoms with Gasteiger partial charge in [0.15, 0.2) is 0 Å². The van der Waals surface area contributed by atoms with Gasteiger partial charge in [0, 0.05) is 0 Å². The van der Waals surface area contributed by atoms with Crippen LogP contribution in [0.2, 0.25) is 0 Å². The topological polar surface area (TPSA) is 0 Å². The SMILES string of the molecule is C[C-](C)C.[CH3-].[CH3-].[Nd+3]. The van der Waals surface area contributed by atoms with Gasteiger partial charge in [-0.05, 0) is 0 Å². The Hall–Kier alpha value is 1.35. The molecule has 0 unspecified atom stereocenters. The molecule has 1 radical (unpaired) electrons. The maximum atomic E-state index is 2.08. The van der Waals surface area contributed by atoms with E-state index in [4.69, 9.17) is 0 Å². The van der Waals surface area contributed by atoms with Crippen LogP contribution in [0.25, 0.3) is 0 Å². The summed E-state index contributed by atoms with van der Waals surface area (Å²) in [5.41, 5.74) is 0. The third kappa shape index (κ3) is 115. The molecule has 0 amide bonds. The number of hydrogen-bond acceptors (Lipinski definition) is 0. The van der Waals surface area contributed by atoms with Crippen molar-refractivity contribution in [1.82, 2.24) is 0 Å². The van der Waals surface area contributed by atoms with Gasteiger partial charge in [0.2, 0.25) is 0 Å². The van der Waals surface area contributed by atoms with Crippen molar-refractivity contribution < 1.29 is 40.8 Å². The summed E-state index contributed by atoms with van der Waals surface area (Å²) in [4.78, 5) is 0. The largest absolute Gasteiger partial charge is 3.00 e. The first-order valence-electron chi connectivity index (χ1n) is 1.50. The van der Waals surface area contributed by atoms with Gasteiger partial charge in [0.25, 0.3) is 0 Å². The van der Waals surface area contributed by atoms with Gasteiger partial charge in [-0.15, -0.1) is 0 Å². The Labute approximate surface area is 81.6 Å². The van der Waals surface area contributed by atoms with Crippen LogP contribution >= 0.6 is 0 Å². The molecule has 43 valence electrons. The van der Waals surface area contributed by atoms with Gasteiger partial charge in [-0.1, -0.05) is 0 Å². The van der Waals surface area contributed by atoms with E-state index in [1.807, 2.05) is 0 Å². The molecule has 0 aliphatic carbocycles. The third-order valence-electron chi connectivity index (χ3n) is 0. The van der Waals surface area contributed by atoms with E-state index in [1.54, 1.807) is 0 Å². The minimum atomic E-state index is 0. The maximum Gasteiger partial charge on any atom is 3.00 e. The van der Waals surface area contributed by atoms with Gasteiger partial charge in [0.1, 0.15) is 0 Å². The number of hydrogen-bond donors (Lipinski definition) is 0. The van der Waals surface area contributed by atoms with Crippen LogP contribution < -0.4 is 0 Å². The van der Waals surface area contributed by atoms with Crippen molar-refractivity contribution in [3.05, 3.63) is 20.8 Å². The average Bonchev–Trinajstić information content (AvgIpc) is 0.811. The van der Waals surface area contributed by atoms with Crippen molar-refractivity contribution >= 4 is 0 Å². The summed E-state index contributed by atoms with van der Waals surface area (Å²) >= 11 is 0. The Bertz CT molecular complexity index is 8.90. The average molecular weight is 231 g/mol. The van der Waals surface area contributed by atoms with Crippen LogP contribution in [0.1, 0.15) is 20.8 Å². The first-order chi connectivity index (χ1) is 1.73. The summed E-state index contributed by atoms with van der Waals surface area (Å²) in [6, 6.07) is 0. The van der Waals surface area contributed by atoms with E-state index >= 15 is 0 Å². The molecule has 0 atom stereocenters. The molecule has 0 aromatic heterocycles. The van der Waals surface area contributed by atoms with E-state index in [0.29, 0.717) is 0 Å². The van der Waals surface area contributed by atoms with E-state index in [1.165, 1.54) is 5.92 Å². The summed E-state index contributed by atoms with van der Waals surface area (Å²) in [6.07, 6.45) is 0. The van der Waals surface area contributed by atoms with Gasteiger partial charge in [-0.3, -0.25) is 0 Å². The summed E-state index contributed by atoms with van der Waals surface area (Å²) < 4.78 is 0. The Kier molecular flexibility index (Phi) is 53.3. The smallest absolute Gasteiger partial charge is 0.358 e. The fourth-order valence-corrected chi connectivity index (χ4v) is 0. The standard InChI is InChI=1S/C4H9.2CH3.Nd/c1-4(2)3;;;/h1-3H3;2*1H3;/q3*-1;+3. The first-order valence-corrected chi connectivity index (χ1v) is 1.50. The molecule has 0 aliphatic rings. The van der Waals surface area contributed by atoms with Crippen LogP contribution in [0.5, 0.6) is 0 Å². The monoisotopic (exact) mass is 229 g/mol. The molecule has 0 saturated heterocycles. The number of rotatable bonds is 0. The Morgan fingerprint density at radius 2 is 0.857 bits per heavy atom. The molecule has 0 nitrogen and oxygen atoms in total. The molecular formula is C6H15Nd. The molecule has 0 rings (SSSR count). The molecule has 7 heavy (non-hydrogen) atoms. The quantitative estimate of drug-likeness (QED) is 0.562. The second-order valence-electron chi connectivity index (χ2n) is 1.50. The van der Waals surface area contributed by atoms with Gasteiger partial charge >= 0.3 is 40.8 Å². The second kappa shape index (κ2) is 15.7. The van der Waals surface area contributed by atoms with Crippen molar-refractivity contribution in [1.29, 1.82) is 0 Å². The molecule has 0 bridgehead atoms. The van der Waals surface area contributed by atoms with E-state index in [9.17, 15) is 0 Å². The maximum absolute atomic E-state index is 2.08. The molecule has 0 heterocycles. The second-order valence-corrected chi connectivity index (χ2v) is 1.50. The van der Waals surface area contributed by atoms with E-state index in [-0.39, 0.29) is 55.7 Å². The van der Waals surface area contributed by atoms with Crippen LogP contribution in [-0.4, -0.2) is 0 Å². The minimum absolute atomic E-state index is 0. The summed E-state index contributed by atoms with van der Waals surface area (Å²) in [5, 5.41) is 0. The van der Waals surface area contributed by atoms with Crippen LogP contribution in [0, 0.1) is 61.6 Å². The van der Waals surface area contributed by atoms with E-state index < -0.39 is 0 Å². The Morgan fingerprint density at radius 1 is 0.857 bits per heavy atom. The molecule has 0 aromatic carbocycles. The molecule has 0 N–H and O–H groups in total. The van der Waals surface area contributed by atoms with Gasteiger partial charge < -0.3 is 20.8 Å². The van der Waals surface area contributed by atoms with Crippen molar-refractivity contribution in [3.63, 3.8) is 0 Å². The van der Waals surface area contributed by atoms with E-state index in [2.05, 4.69) is 20.8 Å². The van der Waals surface area contributed by atoms with Gasteiger partial charge in [0.05, 0.1) is 0 Å². The van der Waals surface area contributed by atoms with Crippen molar-refractivity contribution in [3.8, 4) is 0 Å². The Balaban J connectivity index is -0.0000000150. The normalized spacial score (nSPS) is 5.14. The molecule has 0 aromatic rings. The summed E-state index contributed by atoms with van der Waals surface area (Å²) in [6.45, 7) is 6.25. The van der Waals surface area contributed by atoms with Crippen LogP contribution in [0.4, 0.5) is 0 Å². The third-order valence-corrected chi connectivity index (χ3v) is 0. The molecule has 1 heteroatoms. The minimum Gasteiger partial charge on any atom is -0.358 e. The molecule has 0 saturated carbocycles. The fourth-order valence-electron chi connectivity index (χ4n) is 0. The molecule has 0 aliphatic heterocycles. The van der Waals surface area contributed by atoms with Crippen molar-refractivity contribution in [2.24, 2.45) is 0 Å². The zero-order valence-electron chi connectivity index (χ0n) is 6.00. The summed E-state index contributed by atoms with van der Waals surface area (Å²) in [5.74, 6) is 1.42. The molecule has 0 fully saturated rings. The first kappa shape index (κ1) is 23.8. The van der Waals surface area contributed by atoms with Crippen LogP contribution in [0.15, 0.2) is 0 Å². The van der Waals surface area contributed by atoms with Crippen molar-refractivity contribution in [2.45, 2.75) is 20.8 Å². The zero-order valence-corrected chi connectivity index (χ0v) is 9.21. The summed E-state index contributed by atoms with van der Waals surface area (Å²) in [7, 11) is 0. The molecular weight excluding hydrogens is 216 g/mol. The van der Waals surface area contributed by atoms with Gasteiger partial charge in [-0.2, -0.15) is 20.8 Å². The van der Waals surface area contributed by atoms with Crippen LogP contribution in [-0.2, 0) is 0 Å². The van der Waals surface area contributed by atoms with Gasteiger partial charge in [-0.25, -0.2) is 0 Å². The zero-order chi connectivity index (χ0) is 3.58. The van der Waals surface area contributed by atoms with Crippen LogP contribution in [0.3, 0.4) is 0 Å². The predicted molar refractivity (Wildman–Crippen MR) is 33.1 cm³/mol.